The maximum Gasteiger partial charge on any atom is 0 e. The summed E-state index contributed by atoms with van der Waals surface area (Å²) in [4.78, 5) is 0. The van der Waals surface area contributed by atoms with Crippen molar-refractivity contribution in [1.29, 1.82) is 0 Å². The van der Waals surface area contributed by atoms with Crippen LogP contribution in [0.15, 0.2) is 24.3 Å². The molecule has 2 aromatic rings. The van der Waals surface area contributed by atoms with Crippen LogP contribution >= 0.6 is 0 Å². The molecule has 0 unspecified atom stereocenters. The summed E-state index contributed by atoms with van der Waals surface area (Å²) >= 11 is 0. The number of fused-ring (bicyclic) bond motifs is 2. The minimum atomic E-state index is 0. The molecule has 0 heterocycles. The van der Waals surface area contributed by atoms with Gasteiger partial charge in [0, 0.05) is 25.8 Å². The van der Waals surface area contributed by atoms with Crippen molar-refractivity contribution in [1.82, 2.24) is 0 Å². The van der Waals surface area contributed by atoms with E-state index in [0.29, 0.717) is 5.41 Å². The third-order valence-corrected chi connectivity index (χ3v) is 4.15. The molecule has 3 rings (SSSR count). The molecule has 21 heavy (non-hydrogen) atoms. The van der Waals surface area contributed by atoms with Gasteiger partial charge in [0.25, 0.3) is 0 Å². The summed E-state index contributed by atoms with van der Waals surface area (Å²) < 4.78 is 0. The molecule has 1 aliphatic carbocycles. The van der Waals surface area contributed by atoms with Gasteiger partial charge in [-0.25, -0.2) is 0 Å². The Labute approximate surface area is 150 Å². The summed E-state index contributed by atoms with van der Waals surface area (Å²) in [6, 6.07) is 9.53. The van der Waals surface area contributed by atoms with Gasteiger partial charge in [0.2, 0.25) is 0 Å². The third-order valence-electron chi connectivity index (χ3n) is 4.15. The number of hydrogen-bond donors (Lipinski definition) is 0. The van der Waals surface area contributed by atoms with Gasteiger partial charge in [-0.2, -0.15) is 6.07 Å². The van der Waals surface area contributed by atoms with Crippen molar-refractivity contribution in [3.05, 3.63) is 55.8 Å². The van der Waals surface area contributed by atoms with Crippen LogP contribution in [0, 0.1) is 26.2 Å². The van der Waals surface area contributed by atoms with E-state index in [2.05, 4.69) is 52.0 Å². The van der Waals surface area contributed by atoms with Crippen LogP contribution in [0.2, 0.25) is 0 Å². The quantitative estimate of drug-likeness (QED) is 0.404. The first-order chi connectivity index (χ1) is 8.44. The smallest absolute Gasteiger partial charge is 0 e. The van der Waals surface area contributed by atoms with Gasteiger partial charge >= 0.3 is 0 Å². The molecule has 0 atom stereocenters. The maximum atomic E-state index is 2.47. The van der Waals surface area contributed by atoms with E-state index in [4.69, 9.17) is 0 Å². The van der Waals surface area contributed by atoms with Gasteiger partial charge in [-0.1, -0.05) is 51.2 Å². The van der Waals surface area contributed by atoms with Crippen molar-refractivity contribution < 1.29 is 25.8 Å². The second-order valence-corrected chi connectivity index (χ2v) is 7.18. The summed E-state index contributed by atoms with van der Waals surface area (Å²) in [5.74, 6) is 0.736. The standard InChI is InChI=1S/C18H23.2CH3.Hf/c1-12(2)7-13-5-6-14-8-15-10-18(3,4)11-16(15)9-17(13)14;;;/h5-6,8-9,12H,7,10-11H2,1-4H3;2*1H3;/q3*-1;. The normalized spacial score (nSPS) is 15.1. The largest absolute Gasteiger partial charge is 0.358 e. The van der Waals surface area contributed by atoms with Crippen molar-refractivity contribution in [2.45, 2.75) is 47.0 Å². The molecular formula is C20H29Hf-3. The molecule has 2 aromatic carbocycles. The zero-order chi connectivity index (χ0) is 12.9. The summed E-state index contributed by atoms with van der Waals surface area (Å²) in [5, 5.41) is 2.95. The molecule has 0 radical (unpaired) electrons. The van der Waals surface area contributed by atoms with Crippen LogP contribution in [0.5, 0.6) is 0 Å². The van der Waals surface area contributed by atoms with Crippen LogP contribution in [0.1, 0.15) is 44.4 Å². The molecule has 0 aromatic heterocycles. The minimum absolute atomic E-state index is 0. The van der Waals surface area contributed by atoms with Crippen LogP contribution in [-0.4, -0.2) is 0 Å². The van der Waals surface area contributed by atoms with E-state index in [1.807, 2.05) is 0 Å². The number of hydrogen-bond acceptors (Lipinski definition) is 0. The van der Waals surface area contributed by atoms with Crippen molar-refractivity contribution in [2.24, 2.45) is 11.3 Å². The Balaban J connectivity index is 0.00000133. The molecule has 1 aliphatic rings. The van der Waals surface area contributed by atoms with Crippen LogP contribution < -0.4 is 0 Å². The molecule has 116 valence electrons. The van der Waals surface area contributed by atoms with Gasteiger partial charge in [0.15, 0.2) is 0 Å². The Morgan fingerprint density at radius 2 is 1.67 bits per heavy atom. The topological polar surface area (TPSA) is 0 Å². The Kier molecular flexibility index (Phi) is 7.20. The molecule has 0 spiro atoms. The first-order valence-electron chi connectivity index (χ1n) is 7.15. The molecule has 0 nitrogen and oxygen atoms in total. The fourth-order valence-electron chi connectivity index (χ4n) is 3.45. The molecule has 1 heteroatoms. The first kappa shape index (κ1) is 20.7. The predicted octanol–water partition coefficient (Wildman–Crippen LogP) is 5.78. The van der Waals surface area contributed by atoms with Crippen LogP contribution in [0.25, 0.3) is 10.8 Å². The average Bonchev–Trinajstić information content (AvgIpc) is 2.73. The van der Waals surface area contributed by atoms with Gasteiger partial charge in [-0.3, -0.25) is 0 Å². The summed E-state index contributed by atoms with van der Waals surface area (Å²) in [6.45, 7) is 9.37. The van der Waals surface area contributed by atoms with E-state index in [1.165, 1.54) is 35.6 Å². The van der Waals surface area contributed by atoms with Gasteiger partial charge < -0.3 is 14.9 Å². The molecule has 0 bridgehead atoms. The van der Waals surface area contributed by atoms with Crippen molar-refractivity contribution in [3.8, 4) is 0 Å². The average molecular weight is 448 g/mol. The number of rotatable bonds is 2. The zero-order valence-corrected chi connectivity index (χ0v) is 18.1. The van der Waals surface area contributed by atoms with Crippen LogP contribution in [0.4, 0.5) is 0 Å². The molecule has 0 saturated heterocycles. The predicted molar refractivity (Wildman–Crippen MR) is 92.1 cm³/mol. The fourth-order valence-corrected chi connectivity index (χ4v) is 3.45. The monoisotopic (exact) mass is 449 g/mol. The first-order valence-corrected chi connectivity index (χ1v) is 7.15. The molecular weight excluding hydrogens is 419 g/mol. The molecule has 0 fully saturated rings. The Hall–Kier alpha value is -0.300. The molecule has 0 N–H and O–H groups in total. The van der Waals surface area contributed by atoms with E-state index in [-0.39, 0.29) is 40.7 Å². The molecule has 0 saturated carbocycles. The summed E-state index contributed by atoms with van der Waals surface area (Å²) in [6.07, 6.45) is 3.68. The minimum Gasteiger partial charge on any atom is -0.358 e. The van der Waals surface area contributed by atoms with Crippen molar-refractivity contribution in [2.75, 3.05) is 0 Å². The summed E-state index contributed by atoms with van der Waals surface area (Å²) in [7, 11) is 0. The fraction of sp³-hybridized carbons (Fsp3) is 0.450. The van der Waals surface area contributed by atoms with E-state index in [1.54, 1.807) is 11.1 Å². The number of benzene rings is 1. The van der Waals surface area contributed by atoms with Gasteiger partial charge in [0.05, 0.1) is 0 Å². The zero-order valence-electron chi connectivity index (χ0n) is 14.5. The van der Waals surface area contributed by atoms with Gasteiger partial charge in [-0.05, 0) is 18.3 Å². The van der Waals surface area contributed by atoms with E-state index < -0.39 is 0 Å². The Bertz CT molecular complexity index is 587. The van der Waals surface area contributed by atoms with E-state index in [0.717, 1.165) is 5.92 Å². The van der Waals surface area contributed by atoms with Crippen LogP contribution in [0.3, 0.4) is 0 Å². The third kappa shape index (κ3) is 4.12. The molecule has 0 amide bonds. The summed E-state index contributed by atoms with van der Waals surface area (Å²) in [5.41, 5.74) is 5.16. The molecule has 0 aliphatic heterocycles. The van der Waals surface area contributed by atoms with E-state index >= 15 is 0 Å². The van der Waals surface area contributed by atoms with Crippen LogP contribution in [-0.2, 0) is 45.1 Å². The van der Waals surface area contributed by atoms with Gasteiger partial charge in [0.1, 0.15) is 0 Å². The SMILES string of the molecule is CC(C)C[c-]1ccc2cc3c(cc21)CC(C)(C)C3.[CH3-].[CH3-].[Hf]. The maximum absolute atomic E-state index is 2.47. The second kappa shape index (κ2) is 7.31. The second-order valence-electron chi connectivity index (χ2n) is 7.18. The van der Waals surface area contributed by atoms with E-state index in [9.17, 15) is 0 Å². The Morgan fingerprint density at radius 3 is 2.24 bits per heavy atom. The van der Waals surface area contributed by atoms with Crippen molar-refractivity contribution >= 4 is 10.8 Å². The van der Waals surface area contributed by atoms with Gasteiger partial charge in [-0.15, -0.1) is 34.5 Å². The van der Waals surface area contributed by atoms with Crippen molar-refractivity contribution in [3.63, 3.8) is 0 Å². The Morgan fingerprint density at radius 1 is 1.10 bits per heavy atom.